The third-order valence-corrected chi connectivity index (χ3v) is 4.72. The number of hydrogen-bond donors (Lipinski definition) is 2. The van der Waals surface area contributed by atoms with Crippen molar-refractivity contribution in [3.8, 4) is 11.5 Å². The minimum atomic E-state index is -4.56. The van der Waals surface area contributed by atoms with Gasteiger partial charge in [-0.25, -0.2) is 0 Å². The number of alkyl halides is 3. The van der Waals surface area contributed by atoms with Gasteiger partial charge in [0, 0.05) is 16.8 Å². The number of anilines is 2. The Hall–Kier alpha value is -3.15. The zero-order valence-electron chi connectivity index (χ0n) is 15.5. The van der Waals surface area contributed by atoms with Crippen LogP contribution in [-0.2, 0) is 11.6 Å². The third-order valence-electron chi connectivity index (χ3n) is 4.72. The first-order valence-electron chi connectivity index (χ1n) is 8.68. The zero-order valence-corrected chi connectivity index (χ0v) is 15.5. The fraction of sp³-hybridized carbons (Fsp3) is 0.182. The fourth-order valence-corrected chi connectivity index (χ4v) is 3.00. The molecule has 0 aliphatic rings. The molecule has 3 aromatic rings. The summed E-state index contributed by atoms with van der Waals surface area (Å²) in [5, 5.41) is 0. The molecule has 0 amide bonds. The molecule has 0 aliphatic carbocycles. The molecule has 3 nitrogen and oxygen atoms in total. The second-order valence-electron chi connectivity index (χ2n) is 7.13. The average molecular weight is 386 g/mol. The summed E-state index contributed by atoms with van der Waals surface area (Å²) in [5.41, 5.74) is 12.6. The Morgan fingerprint density at radius 2 is 1.39 bits per heavy atom. The van der Waals surface area contributed by atoms with E-state index in [0.29, 0.717) is 11.4 Å². The highest BCUT2D eigenvalue weighted by atomic mass is 19.4. The maximum atomic E-state index is 13.3. The molecule has 0 aromatic heterocycles. The largest absolute Gasteiger partial charge is 0.457 e. The molecular weight excluding hydrogens is 365 g/mol. The van der Waals surface area contributed by atoms with Crippen LogP contribution in [0.15, 0.2) is 66.7 Å². The molecule has 0 heterocycles. The van der Waals surface area contributed by atoms with Gasteiger partial charge in [0.15, 0.2) is 0 Å². The van der Waals surface area contributed by atoms with Crippen LogP contribution in [0.3, 0.4) is 0 Å². The molecule has 0 fully saturated rings. The highest BCUT2D eigenvalue weighted by molar-refractivity contribution is 5.51. The number of benzene rings is 3. The molecule has 28 heavy (non-hydrogen) atoms. The molecule has 0 unspecified atom stereocenters. The van der Waals surface area contributed by atoms with Gasteiger partial charge in [0.05, 0.1) is 0 Å². The van der Waals surface area contributed by atoms with Crippen molar-refractivity contribution in [2.45, 2.75) is 25.4 Å². The third kappa shape index (κ3) is 4.06. The highest BCUT2D eigenvalue weighted by Crippen LogP contribution is 2.40. The zero-order chi connectivity index (χ0) is 20.5. The van der Waals surface area contributed by atoms with Crippen LogP contribution in [0.1, 0.15) is 30.5 Å². The van der Waals surface area contributed by atoms with E-state index < -0.39 is 11.7 Å². The normalized spacial score (nSPS) is 12.0. The van der Waals surface area contributed by atoms with Gasteiger partial charge in [-0.3, -0.25) is 0 Å². The first kappa shape index (κ1) is 19.6. The van der Waals surface area contributed by atoms with Gasteiger partial charge in [-0.1, -0.05) is 38.1 Å². The van der Waals surface area contributed by atoms with E-state index >= 15 is 0 Å². The van der Waals surface area contributed by atoms with Crippen LogP contribution in [0, 0.1) is 0 Å². The van der Waals surface area contributed by atoms with Crippen molar-refractivity contribution in [3.63, 3.8) is 0 Å². The highest BCUT2D eigenvalue weighted by Gasteiger charge is 2.35. The lowest BCUT2D eigenvalue weighted by atomic mass is 9.78. The van der Waals surface area contributed by atoms with E-state index in [4.69, 9.17) is 16.2 Å². The summed E-state index contributed by atoms with van der Waals surface area (Å²) in [4.78, 5) is 0. The summed E-state index contributed by atoms with van der Waals surface area (Å²) < 4.78 is 45.5. The SMILES string of the molecule is CC(C)(c1ccc(N)cc1)c1cccc(Oc2ccc(N)cc2C(F)(F)F)c1. The Morgan fingerprint density at radius 1 is 0.750 bits per heavy atom. The first-order chi connectivity index (χ1) is 13.1. The summed E-state index contributed by atoms with van der Waals surface area (Å²) in [6.07, 6.45) is -4.56. The second-order valence-corrected chi connectivity index (χ2v) is 7.13. The van der Waals surface area contributed by atoms with E-state index in [1.54, 1.807) is 18.2 Å². The summed E-state index contributed by atoms with van der Waals surface area (Å²) in [6, 6.07) is 18.0. The number of hydrogen-bond acceptors (Lipinski definition) is 3. The molecule has 0 saturated carbocycles. The summed E-state index contributed by atoms with van der Waals surface area (Å²) in [5.74, 6) is 0.0282. The number of nitrogens with two attached hydrogens (primary N) is 2. The van der Waals surface area contributed by atoms with Crippen LogP contribution in [0.5, 0.6) is 11.5 Å². The molecule has 6 heteroatoms. The maximum absolute atomic E-state index is 13.3. The van der Waals surface area contributed by atoms with Crippen molar-refractivity contribution in [3.05, 3.63) is 83.4 Å². The van der Waals surface area contributed by atoms with Crippen LogP contribution in [-0.4, -0.2) is 0 Å². The van der Waals surface area contributed by atoms with Crippen molar-refractivity contribution >= 4 is 11.4 Å². The van der Waals surface area contributed by atoms with E-state index in [-0.39, 0.29) is 16.9 Å². The van der Waals surface area contributed by atoms with Crippen molar-refractivity contribution < 1.29 is 17.9 Å². The van der Waals surface area contributed by atoms with Crippen molar-refractivity contribution in [2.24, 2.45) is 0 Å². The standard InChI is InChI=1S/C22H21F3N2O/c1-21(2,14-6-8-16(26)9-7-14)15-4-3-5-18(12-15)28-20-11-10-17(27)13-19(20)22(23,24)25/h3-13H,26-27H2,1-2H3. The van der Waals surface area contributed by atoms with Gasteiger partial charge in [-0.2, -0.15) is 13.2 Å². The van der Waals surface area contributed by atoms with E-state index in [1.165, 1.54) is 12.1 Å². The van der Waals surface area contributed by atoms with Crippen LogP contribution in [0.25, 0.3) is 0 Å². The van der Waals surface area contributed by atoms with Crippen molar-refractivity contribution in [2.75, 3.05) is 11.5 Å². The van der Waals surface area contributed by atoms with Crippen molar-refractivity contribution in [1.82, 2.24) is 0 Å². The Bertz CT molecular complexity index is 980. The van der Waals surface area contributed by atoms with Gasteiger partial charge in [0.1, 0.15) is 17.1 Å². The van der Waals surface area contributed by atoms with Gasteiger partial charge in [0.2, 0.25) is 0 Å². The van der Waals surface area contributed by atoms with Gasteiger partial charge in [-0.05, 0) is 53.6 Å². The van der Waals surface area contributed by atoms with Gasteiger partial charge < -0.3 is 16.2 Å². The minimum absolute atomic E-state index is 0.0258. The monoisotopic (exact) mass is 386 g/mol. The number of rotatable bonds is 4. The van der Waals surface area contributed by atoms with Gasteiger partial charge in [0.25, 0.3) is 0 Å². The van der Waals surface area contributed by atoms with Crippen molar-refractivity contribution in [1.29, 1.82) is 0 Å². The Balaban J connectivity index is 1.96. The predicted octanol–water partition coefficient (Wildman–Crippen LogP) is 5.99. The topological polar surface area (TPSA) is 61.3 Å². The van der Waals surface area contributed by atoms with E-state index in [0.717, 1.165) is 17.2 Å². The molecule has 3 aromatic carbocycles. The molecule has 0 spiro atoms. The predicted molar refractivity (Wildman–Crippen MR) is 105 cm³/mol. The van der Waals surface area contributed by atoms with Crippen LogP contribution in [0.4, 0.5) is 24.5 Å². The molecule has 4 N–H and O–H groups in total. The average Bonchev–Trinajstić information content (AvgIpc) is 2.63. The maximum Gasteiger partial charge on any atom is 0.420 e. The van der Waals surface area contributed by atoms with Gasteiger partial charge in [-0.15, -0.1) is 0 Å². The van der Waals surface area contributed by atoms with Gasteiger partial charge >= 0.3 is 6.18 Å². The number of nitrogen functional groups attached to an aromatic ring is 2. The van der Waals surface area contributed by atoms with E-state index in [9.17, 15) is 13.2 Å². The smallest absolute Gasteiger partial charge is 0.420 e. The Labute approximate surface area is 161 Å². The Morgan fingerprint density at radius 3 is 2.04 bits per heavy atom. The lowest BCUT2D eigenvalue weighted by Crippen LogP contribution is -2.18. The number of halogens is 3. The second kappa shape index (κ2) is 7.11. The summed E-state index contributed by atoms with van der Waals surface area (Å²) in [6.45, 7) is 4.06. The first-order valence-corrected chi connectivity index (χ1v) is 8.68. The van der Waals surface area contributed by atoms with Crippen LogP contribution in [0.2, 0.25) is 0 Å². The quantitative estimate of drug-likeness (QED) is 0.542. The molecule has 0 radical (unpaired) electrons. The molecule has 0 atom stereocenters. The molecule has 3 rings (SSSR count). The Kier molecular flexibility index (Phi) is 4.98. The molecule has 0 aliphatic heterocycles. The molecular formula is C22H21F3N2O. The molecule has 0 bridgehead atoms. The fourth-order valence-electron chi connectivity index (χ4n) is 3.00. The lowest BCUT2D eigenvalue weighted by Gasteiger charge is -2.27. The van der Waals surface area contributed by atoms with E-state index in [1.807, 2.05) is 44.2 Å². The summed E-state index contributed by atoms with van der Waals surface area (Å²) in [7, 11) is 0. The molecule has 146 valence electrons. The van der Waals surface area contributed by atoms with Crippen LogP contribution >= 0.6 is 0 Å². The van der Waals surface area contributed by atoms with E-state index in [2.05, 4.69) is 0 Å². The number of ether oxygens (including phenoxy) is 1. The molecule has 0 saturated heterocycles. The minimum Gasteiger partial charge on any atom is -0.457 e. The lowest BCUT2D eigenvalue weighted by molar-refractivity contribution is -0.138. The summed E-state index contributed by atoms with van der Waals surface area (Å²) >= 11 is 0. The van der Waals surface area contributed by atoms with Crippen LogP contribution < -0.4 is 16.2 Å².